The topological polar surface area (TPSA) is 0 Å². The molecule has 0 heterocycles. The van der Waals surface area contributed by atoms with Crippen LogP contribution in [0.25, 0.3) is 0 Å². The Labute approximate surface area is 96.2 Å². The fourth-order valence-electron chi connectivity index (χ4n) is 1.63. The zero-order valence-corrected chi connectivity index (χ0v) is 10.4. The first-order chi connectivity index (χ1) is 6.60. The van der Waals surface area contributed by atoms with E-state index in [4.69, 9.17) is 23.2 Å². The van der Waals surface area contributed by atoms with Crippen molar-refractivity contribution in [3.8, 4) is 0 Å². The van der Waals surface area contributed by atoms with E-state index in [0.717, 1.165) is 0 Å². The Hall–Kier alpha value is -0.200. The van der Waals surface area contributed by atoms with Gasteiger partial charge >= 0.3 is 0 Å². The van der Waals surface area contributed by atoms with Crippen molar-refractivity contribution in [2.45, 2.75) is 38.4 Å². The van der Waals surface area contributed by atoms with Crippen LogP contribution < -0.4 is 0 Å². The Kier molecular flexibility index (Phi) is 4.28. The lowest BCUT2D eigenvalue weighted by atomic mass is 9.93. The Morgan fingerprint density at radius 3 is 2.07 bits per heavy atom. The summed E-state index contributed by atoms with van der Waals surface area (Å²) in [5.41, 5.74) is 5.00. The van der Waals surface area contributed by atoms with Crippen LogP contribution in [0.4, 0.5) is 0 Å². The Morgan fingerprint density at radius 1 is 1.07 bits per heavy atom. The highest BCUT2D eigenvalue weighted by molar-refractivity contribution is 6.17. The second-order valence-electron chi connectivity index (χ2n) is 3.90. The third-order valence-electron chi connectivity index (χ3n) is 2.51. The van der Waals surface area contributed by atoms with Crippen LogP contribution >= 0.6 is 23.2 Å². The standard InChI is InChI=1S/C12H16Cl2/c1-8(2)12-5-10(6-13)9(3)4-11(12)7-14/h4-5,8H,6-7H2,1-3H3. The molecule has 0 saturated carbocycles. The van der Waals surface area contributed by atoms with Crippen LogP contribution in [-0.2, 0) is 11.8 Å². The van der Waals surface area contributed by atoms with E-state index in [1.54, 1.807) is 0 Å². The molecule has 1 aromatic rings. The SMILES string of the molecule is Cc1cc(CCl)c(C(C)C)cc1CCl. The molecule has 0 unspecified atom stereocenters. The van der Waals surface area contributed by atoms with Gasteiger partial charge in [-0.2, -0.15) is 0 Å². The minimum atomic E-state index is 0.506. The van der Waals surface area contributed by atoms with Gasteiger partial charge in [-0.15, -0.1) is 23.2 Å². The molecular weight excluding hydrogens is 215 g/mol. The summed E-state index contributed by atoms with van der Waals surface area (Å²) in [5, 5.41) is 0. The molecule has 0 fully saturated rings. The summed E-state index contributed by atoms with van der Waals surface area (Å²) in [7, 11) is 0. The molecule has 78 valence electrons. The Balaban J connectivity index is 3.25. The lowest BCUT2D eigenvalue weighted by Crippen LogP contribution is -1.98. The maximum atomic E-state index is 5.91. The molecule has 0 atom stereocenters. The van der Waals surface area contributed by atoms with E-state index in [1.165, 1.54) is 22.3 Å². The van der Waals surface area contributed by atoms with Crippen LogP contribution in [0.5, 0.6) is 0 Å². The van der Waals surface area contributed by atoms with Crippen LogP contribution in [0.15, 0.2) is 12.1 Å². The van der Waals surface area contributed by atoms with E-state index in [9.17, 15) is 0 Å². The van der Waals surface area contributed by atoms with E-state index in [0.29, 0.717) is 17.7 Å². The third kappa shape index (κ3) is 2.43. The predicted molar refractivity (Wildman–Crippen MR) is 64.4 cm³/mol. The van der Waals surface area contributed by atoms with Crippen molar-refractivity contribution in [1.29, 1.82) is 0 Å². The summed E-state index contributed by atoms with van der Waals surface area (Å²) < 4.78 is 0. The van der Waals surface area contributed by atoms with Crippen LogP contribution in [0.3, 0.4) is 0 Å². The molecule has 0 aliphatic rings. The fraction of sp³-hybridized carbons (Fsp3) is 0.500. The molecule has 0 amide bonds. The minimum Gasteiger partial charge on any atom is -0.122 e. The van der Waals surface area contributed by atoms with Gasteiger partial charge in [0, 0.05) is 11.8 Å². The van der Waals surface area contributed by atoms with E-state index in [-0.39, 0.29) is 0 Å². The molecule has 1 rings (SSSR count). The summed E-state index contributed by atoms with van der Waals surface area (Å²) in [6.07, 6.45) is 0. The maximum absolute atomic E-state index is 5.91. The number of benzene rings is 1. The lowest BCUT2D eigenvalue weighted by Gasteiger charge is -2.14. The molecule has 0 spiro atoms. The fourth-order valence-corrected chi connectivity index (χ4v) is 2.15. The average molecular weight is 231 g/mol. The molecule has 0 N–H and O–H groups in total. The summed E-state index contributed by atoms with van der Waals surface area (Å²) in [6.45, 7) is 6.44. The second kappa shape index (κ2) is 5.04. The van der Waals surface area contributed by atoms with Gasteiger partial charge < -0.3 is 0 Å². The molecule has 2 heteroatoms. The summed E-state index contributed by atoms with van der Waals surface area (Å²) in [5.74, 6) is 1.66. The van der Waals surface area contributed by atoms with Crippen molar-refractivity contribution in [2.75, 3.05) is 0 Å². The average Bonchev–Trinajstić information content (AvgIpc) is 2.16. The molecule has 0 nitrogen and oxygen atoms in total. The predicted octanol–water partition coefficient (Wildman–Crippen LogP) is 4.60. The number of rotatable bonds is 3. The van der Waals surface area contributed by atoms with E-state index in [1.807, 2.05) is 0 Å². The minimum absolute atomic E-state index is 0.506. The molecular formula is C12H16Cl2. The van der Waals surface area contributed by atoms with E-state index >= 15 is 0 Å². The van der Waals surface area contributed by atoms with Crippen molar-refractivity contribution in [3.63, 3.8) is 0 Å². The first kappa shape index (κ1) is 11.9. The molecule has 14 heavy (non-hydrogen) atoms. The highest BCUT2D eigenvalue weighted by atomic mass is 35.5. The molecule has 0 bridgehead atoms. The number of hydrogen-bond donors (Lipinski definition) is 0. The number of hydrogen-bond acceptors (Lipinski definition) is 0. The Bertz CT molecular complexity index is 316. The third-order valence-corrected chi connectivity index (χ3v) is 3.08. The van der Waals surface area contributed by atoms with Crippen molar-refractivity contribution < 1.29 is 0 Å². The molecule has 0 radical (unpaired) electrons. The molecule has 0 aromatic heterocycles. The highest BCUT2D eigenvalue weighted by Crippen LogP contribution is 2.25. The van der Waals surface area contributed by atoms with Crippen molar-refractivity contribution >= 4 is 23.2 Å². The lowest BCUT2D eigenvalue weighted by molar-refractivity contribution is 0.850. The van der Waals surface area contributed by atoms with Gasteiger partial charge in [0.05, 0.1) is 0 Å². The number of halogens is 2. The van der Waals surface area contributed by atoms with Gasteiger partial charge in [0.2, 0.25) is 0 Å². The van der Waals surface area contributed by atoms with Crippen molar-refractivity contribution in [2.24, 2.45) is 0 Å². The van der Waals surface area contributed by atoms with Gasteiger partial charge in [0.1, 0.15) is 0 Å². The van der Waals surface area contributed by atoms with Crippen molar-refractivity contribution in [3.05, 3.63) is 34.4 Å². The second-order valence-corrected chi connectivity index (χ2v) is 4.43. The number of alkyl halides is 2. The van der Waals surface area contributed by atoms with Gasteiger partial charge in [-0.3, -0.25) is 0 Å². The zero-order chi connectivity index (χ0) is 10.7. The summed E-state index contributed by atoms with van der Waals surface area (Å²) in [4.78, 5) is 0. The van der Waals surface area contributed by atoms with Crippen LogP contribution in [0.1, 0.15) is 42.0 Å². The molecule has 0 saturated heterocycles. The zero-order valence-electron chi connectivity index (χ0n) is 8.90. The van der Waals surface area contributed by atoms with Crippen molar-refractivity contribution in [1.82, 2.24) is 0 Å². The van der Waals surface area contributed by atoms with E-state index < -0.39 is 0 Å². The monoisotopic (exact) mass is 230 g/mol. The molecule has 0 aliphatic heterocycles. The number of aryl methyl sites for hydroxylation is 1. The molecule has 1 aromatic carbocycles. The smallest absolute Gasteiger partial charge is 0.0476 e. The first-order valence-electron chi connectivity index (χ1n) is 4.84. The summed E-state index contributed by atoms with van der Waals surface area (Å²) >= 11 is 11.8. The maximum Gasteiger partial charge on any atom is 0.0476 e. The largest absolute Gasteiger partial charge is 0.122 e. The van der Waals surface area contributed by atoms with E-state index in [2.05, 4.69) is 32.9 Å². The normalized spacial score (nSPS) is 11.0. The van der Waals surface area contributed by atoms with Crippen LogP contribution in [-0.4, -0.2) is 0 Å². The Morgan fingerprint density at radius 2 is 1.64 bits per heavy atom. The van der Waals surface area contributed by atoms with Gasteiger partial charge in [-0.05, 0) is 35.1 Å². The highest BCUT2D eigenvalue weighted by Gasteiger charge is 2.09. The van der Waals surface area contributed by atoms with Gasteiger partial charge in [-0.1, -0.05) is 26.0 Å². The van der Waals surface area contributed by atoms with Crippen LogP contribution in [0, 0.1) is 6.92 Å². The quantitative estimate of drug-likeness (QED) is 0.667. The van der Waals surface area contributed by atoms with Gasteiger partial charge in [0.15, 0.2) is 0 Å². The first-order valence-corrected chi connectivity index (χ1v) is 5.91. The molecule has 0 aliphatic carbocycles. The van der Waals surface area contributed by atoms with Gasteiger partial charge in [0.25, 0.3) is 0 Å². The van der Waals surface area contributed by atoms with Gasteiger partial charge in [-0.25, -0.2) is 0 Å². The van der Waals surface area contributed by atoms with Crippen LogP contribution in [0.2, 0.25) is 0 Å². The summed E-state index contributed by atoms with van der Waals surface area (Å²) in [6, 6.07) is 4.34.